The van der Waals surface area contributed by atoms with Crippen molar-refractivity contribution in [3.63, 3.8) is 0 Å². The van der Waals surface area contributed by atoms with E-state index < -0.39 is 0 Å². The normalized spacial score (nSPS) is 14.0. The first-order chi connectivity index (χ1) is 13.7. The van der Waals surface area contributed by atoms with Gasteiger partial charge in [0.05, 0.1) is 5.56 Å². The van der Waals surface area contributed by atoms with E-state index in [2.05, 4.69) is 31.2 Å². The Kier molecular flexibility index (Phi) is 5.39. The molecule has 0 radical (unpaired) electrons. The van der Waals surface area contributed by atoms with E-state index in [4.69, 9.17) is 11.6 Å². The molecule has 0 bridgehead atoms. The largest absolute Gasteiger partial charge is 0.368 e. The van der Waals surface area contributed by atoms with Crippen molar-refractivity contribution < 1.29 is 4.79 Å². The smallest absolute Gasteiger partial charge is 0.258 e. The van der Waals surface area contributed by atoms with Gasteiger partial charge in [0.15, 0.2) is 0 Å². The van der Waals surface area contributed by atoms with E-state index >= 15 is 0 Å². The van der Waals surface area contributed by atoms with Crippen LogP contribution in [0.25, 0.3) is 0 Å². The second-order valence-corrected chi connectivity index (χ2v) is 6.98. The Morgan fingerprint density at radius 2 is 1.57 bits per heavy atom. The van der Waals surface area contributed by atoms with E-state index in [-0.39, 0.29) is 5.91 Å². The zero-order valence-corrected chi connectivity index (χ0v) is 16.0. The van der Waals surface area contributed by atoms with E-state index in [1.165, 1.54) is 0 Å². The van der Waals surface area contributed by atoms with E-state index in [1.54, 1.807) is 12.4 Å². The highest BCUT2D eigenvalue weighted by Gasteiger charge is 2.20. The predicted molar refractivity (Wildman–Crippen MR) is 112 cm³/mol. The van der Waals surface area contributed by atoms with Crippen molar-refractivity contribution in [1.82, 2.24) is 9.97 Å². The Hall–Kier alpha value is -3.12. The third-order valence-electron chi connectivity index (χ3n) is 4.67. The van der Waals surface area contributed by atoms with Crippen molar-refractivity contribution in [2.45, 2.75) is 0 Å². The number of aromatic nitrogens is 2. The zero-order chi connectivity index (χ0) is 19.3. The van der Waals surface area contributed by atoms with Gasteiger partial charge in [0.25, 0.3) is 5.91 Å². The summed E-state index contributed by atoms with van der Waals surface area (Å²) in [5.41, 5.74) is 2.31. The van der Waals surface area contributed by atoms with Gasteiger partial charge in [0, 0.05) is 55.0 Å². The number of benzene rings is 2. The van der Waals surface area contributed by atoms with Gasteiger partial charge >= 0.3 is 0 Å². The molecule has 1 fully saturated rings. The van der Waals surface area contributed by atoms with Gasteiger partial charge in [-0.2, -0.15) is 0 Å². The molecule has 142 valence electrons. The summed E-state index contributed by atoms with van der Waals surface area (Å²) in [6, 6.07) is 17.2. The molecule has 6 nitrogen and oxygen atoms in total. The number of amides is 1. The molecule has 7 heteroatoms. The van der Waals surface area contributed by atoms with Crippen LogP contribution in [-0.2, 0) is 0 Å². The van der Waals surface area contributed by atoms with Crippen LogP contribution in [0, 0.1) is 0 Å². The molecule has 1 aliphatic heterocycles. The first-order valence-corrected chi connectivity index (χ1v) is 9.51. The number of hydrogen-bond donors (Lipinski definition) is 1. The van der Waals surface area contributed by atoms with Gasteiger partial charge in [-0.15, -0.1) is 0 Å². The van der Waals surface area contributed by atoms with Gasteiger partial charge in [-0.25, -0.2) is 9.97 Å². The lowest BCUT2D eigenvalue weighted by Crippen LogP contribution is -2.47. The number of nitrogens with one attached hydrogen (secondary N) is 1. The van der Waals surface area contributed by atoms with Crippen molar-refractivity contribution in [3.05, 3.63) is 77.6 Å². The molecular formula is C21H20ClN5O. The Labute approximate surface area is 168 Å². The summed E-state index contributed by atoms with van der Waals surface area (Å²) in [5.74, 6) is 0.422. The fourth-order valence-corrected chi connectivity index (χ4v) is 3.35. The van der Waals surface area contributed by atoms with Crippen LogP contribution < -0.4 is 15.1 Å². The van der Waals surface area contributed by atoms with Gasteiger partial charge in [-0.05, 0) is 30.3 Å². The lowest BCUT2D eigenvalue weighted by Gasteiger charge is -2.36. The maximum Gasteiger partial charge on any atom is 0.258 e. The van der Waals surface area contributed by atoms with Crippen LogP contribution >= 0.6 is 11.6 Å². The molecule has 1 saturated heterocycles. The van der Waals surface area contributed by atoms with E-state index in [0.29, 0.717) is 11.5 Å². The maximum atomic E-state index is 12.3. The van der Waals surface area contributed by atoms with E-state index in [9.17, 15) is 4.79 Å². The lowest BCUT2D eigenvalue weighted by molar-refractivity contribution is 0.102. The Morgan fingerprint density at radius 1 is 0.893 bits per heavy atom. The molecule has 1 amide bonds. The van der Waals surface area contributed by atoms with Crippen LogP contribution in [0.3, 0.4) is 0 Å². The molecular weight excluding hydrogens is 374 g/mol. The van der Waals surface area contributed by atoms with E-state index in [1.807, 2.05) is 48.5 Å². The highest BCUT2D eigenvalue weighted by atomic mass is 35.5. The number of rotatable bonds is 4. The zero-order valence-electron chi connectivity index (χ0n) is 15.3. The molecule has 1 aliphatic rings. The third kappa shape index (κ3) is 4.23. The molecule has 2 heterocycles. The maximum absolute atomic E-state index is 12.3. The van der Waals surface area contributed by atoms with Crippen LogP contribution in [0.15, 0.2) is 67.0 Å². The van der Waals surface area contributed by atoms with Crippen molar-refractivity contribution in [2.24, 2.45) is 0 Å². The van der Waals surface area contributed by atoms with Crippen molar-refractivity contribution in [1.29, 1.82) is 0 Å². The summed E-state index contributed by atoms with van der Waals surface area (Å²) < 4.78 is 0. The topological polar surface area (TPSA) is 61.4 Å². The van der Waals surface area contributed by atoms with Gasteiger partial charge < -0.3 is 15.1 Å². The molecule has 2 aromatic carbocycles. The fraction of sp³-hybridized carbons (Fsp3) is 0.190. The quantitative estimate of drug-likeness (QED) is 0.732. The second-order valence-electron chi connectivity index (χ2n) is 6.55. The number of carbonyl (C=O) groups excluding carboxylic acids is 1. The SMILES string of the molecule is O=C(Nc1ccccc1)c1cnc(N2CCN(c3cccc(Cl)c3)CC2)nc1. The summed E-state index contributed by atoms with van der Waals surface area (Å²) >= 11 is 6.09. The third-order valence-corrected chi connectivity index (χ3v) is 4.90. The molecule has 1 aromatic heterocycles. The lowest BCUT2D eigenvalue weighted by atomic mass is 10.2. The molecule has 3 aromatic rings. The summed E-state index contributed by atoms with van der Waals surface area (Å²) in [6.07, 6.45) is 3.15. The predicted octanol–water partition coefficient (Wildman–Crippen LogP) is 3.71. The number of anilines is 3. The van der Waals surface area contributed by atoms with Crippen molar-refractivity contribution in [3.8, 4) is 0 Å². The van der Waals surface area contributed by atoms with Crippen molar-refractivity contribution in [2.75, 3.05) is 41.3 Å². The van der Waals surface area contributed by atoms with Crippen LogP contribution in [0.5, 0.6) is 0 Å². The Balaban J connectivity index is 1.36. The minimum absolute atomic E-state index is 0.219. The number of carbonyl (C=O) groups is 1. The van der Waals surface area contributed by atoms with Gasteiger partial charge in [-0.1, -0.05) is 35.9 Å². The molecule has 0 spiro atoms. The van der Waals surface area contributed by atoms with Crippen LogP contribution in [0.4, 0.5) is 17.3 Å². The Bertz CT molecular complexity index is 941. The summed E-state index contributed by atoms with van der Waals surface area (Å²) in [6.45, 7) is 3.34. The van der Waals surface area contributed by atoms with Crippen LogP contribution in [0.2, 0.25) is 5.02 Å². The van der Waals surface area contributed by atoms with Gasteiger partial charge in [0.1, 0.15) is 0 Å². The summed E-state index contributed by atoms with van der Waals surface area (Å²) in [5, 5.41) is 3.58. The highest BCUT2D eigenvalue weighted by Crippen LogP contribution is 2.21. The Morgan fingerprint density at radius 3 is 2.25 bits per heavy atom. The molecule has 0 aliphatic carbocycles. The first-order valence-electron chi connectivity index (χ1n) is 9.13. The minimum Gasteiger partial charge on any atom is -0.368 e. The molecule has 28 heavy (non-hydrogen) atoms. The second kappa shape index (κ2) is 8.27. The summed E-state index contributed by atoms with van der Waals surface area (Å²) in [7, 11) is 0. The number of nitrogens with zero attached hydrogens (tertiary/aromatic N) is 4. The monoisotopic (exact) mass is 393 g/mol. The number of para-hydroxylation sites is 1. The number of halogens is 1. The van der Waals surface area contributed by atoms with E-state index in [0.717, 1.165) is 42.6 Å². The fourth-order valence-electron chi connectivity index (χ4n) is 3.16. The number of hydrogen-bond acceptors (Lipinski definition) is 5. The van der Waals surface area contributed by atoms with Gasteiger partial charge in [0.2, 0.25) is 5.95 Å². The molecule has 0 atom stereocenters. The molecule has 0 saturated carbocycles. The van der Waals surface area contributed by atoms with Crippen LogP contribution in [-0.4, -0.2) is 42.1 Å². The highest BCUT2D eigenvalue weighted by molar-refractivity contribution is 6.30. The standard InChI is InChI=1S/C21H20ClN5O/c22-17-5-4-8-19(13-17)26-9-11-27(12-10-26)21-23-14-16(15-24-21)20(28)25-18-6-2-1-3-7-18/h1-8,13-15H,9-12H2,(H,25,28). The average Bonchev–Trinajstić information content (AvgIpc) is 2.75. The molecule has 1 N–H and O–H groups in total. The molecule has 4 rings (SSSR count). The average molecular weight is 394 g/mol. The first kappa shape index (κ1) is 18.3. The van der Waals surface area contributed by atoms with Crippen molar-refractivity contribution >= 4 is 34.8 Å². The van der Waals surface area contributed by atoms with Gasteiger partial charge in [-0.3, -0.25) is 4.79 Å². The molecule has 0 unspecified atom stereocenters. The minimum atomic E-state index is -0.219. The summed E-state index contributed by atoms with van der Waals surface area (Å²) in [4.78, 5) is 25.5. The number of piperazine rings is 1. The van der Waals surface area contributed by atoms with Crippen LogP contribution in [0.1, 0.15) is 10.4 Å².